The Morgan fingerprint density at radius 3 is 2.37 bits per heavy atom. The smallest absolute Gasteiger partial charge is 0.266 e. The summed E-state index contributed by atoms with van der Waals surface area (Å²) in [6.45, 7) is 0.622. The third-order valence-electron chi connectivity index (χ3n) is 6.65. The first-order valence-electron chi connectivity index (χ1n) is 13.3. The highest BCUT2D eigenvalue weighted by atomic mass is 35.5. The van der Waals surface area contributed by atoms with Gasteiger partial charge >= 0.3 is 0 Å². The summed E-state index contributed by atoms with van der Waals surface area (Å²) >= 11 is 12.1. The van der Waals surface area contributed by atoms with Gasteiger partial charge in [-0.05, 0) is 76.5 Å². The molecular formula is C35H26Cl2N2O4. The van der Waals surface area contributed by atoms with Crippen LogP contribution in [0.2, 0.25) is 10.0 Å². The number of amides is 1. The van der Waals surface area contributed by atoms with E-state index in [0.717, 1.165) is 21.9 Å². The molecule has 0 spiro atoms. The lowest BCUT2D eigenvalue weighted by Gasteiger charge is -2.13. The Kier molecular flexibility index (Phi) is 9.48. The standard InChI is InChI=1S/C35H26Cl2N2O4/c1-41-34-18-23(9-16-33(34)43-21-25-7-4-6-24-5-2-3-8-31(24)25)17-27(20-38)35(40)39-29-12-14-30(15-13-29)42-22-26-10-11-28(36)19-32(26)37/h2-19H,21-22H2,1H3,(H,39,40)/b27-17+. The van der Waals surface area contributed by atoms with Crippen molar-refractivity contribution in [1.82, 2.24) is 0 Å². The number of fused-ring (bicyclic) bond motifs is 1. The third kappa shape index (κ3) is 7.47. The molecule has 6 nitrogen and oxygen atoms in total. The first kappa shape index (κ1) is 29.5. The van der Waals surface area contributed by atoms with Gasteiger partial charge in [-0.15, -0.1) is 0 Å². The van der Waals surface area contributed by atoms with Crippen molar-refractivity contribution in [2.75, 3.05) is 12.4 Å². The highest BCUT2D eigenvalue weighted by molar-refractivity contribution is 6.35. The summed E-state index contributed by atoms with van der Waals surface area (Å²) in [5, 5.41) is 15.8. The molecule has 1 N–H and O–H groups in total. The van der Waals surface area contributed by atoms with Crippen molar-refractivity contribution in [2.24, 2.45) is 0 Å². The van der Waals surface area contributed by atoms with Gasteiger partial charge in [0.05, 0.1) is 7.11 Å². The molecule has 0 fully saturated rings. The molecule has 43 heavy (non-hydrogen) atoms. The molecular weight excluding hydrogens is 583 g/mol. The summed E-state index contributed by atoms with van der Waals surface area (Å²) in [5.41, 5.74) is 2.92. The number of rotatable bonds is 10. The largest absolute Gasteiger partial charge is 0.493 e. The number of benzene rings is 5. The molecule has 0 saturated heterocycles. The van der Waals surface area contributed by atoms with Crippen molar-refractivity contribution in [2.45, 2.75) is 13.2 Å². The molecule has 0 atom stereocenters. The number of anilines is 1. The Labute approximate surface area is 259 Å². The van der Waals surface area contributed by atoms with Crippen LogP contribution in [0.3, 0.4) is 0 Å². The van der Waals surface area contributed by atoms with Gasteiger partial charge in [-0.3, -0.25) is 4.79 Å². The van der Waals surface area contributed by atoms with Gasteiger partial charge < -0.3 is 19.5 Å². The van der Waals surface area contributed by atoms with E-state index in [-0.39, 0.29) is 12.2 Å². The predicted molar refractivity (Wildman–Crippen MR) is 171 cm³/mol. The van der Waals surface area contributed by atoms with Gasteiger partial charge in [-0.1, -0.05) is 77.8 Å². The van der Waals surface area contributed by atoms with Crippen LogP contribution in [0.5, 0.6) is 17.2 Å². The lowest BCUT2D eigenvalue weighted by molar-refractivity contribution is -0.112. The van der Waals surface area contributed by atoms with E-state index in [4.69, 9.17) is 37.4 Å². The SMILES string of the molecule is COc1cc(/C=C(\C#N)C(=O)Nc2ccc(OCc3ccc(Cl)cc3Cl)cc2)ccc1OCc1cccc2ccccc12. The van der Waals surface area contributed by atoms with Crippen LogP contribution in [0.4, 0.5) is 5.69 Å². The minimum absolute atomic E-state index is 0.0656. The second kappa shape index (κ2) is 13.8. The van der Waals surface area contributed by atoms with E-state index in [1.807, 2.05) is 30.3 Å². The van der Waals surface area contributed by atoms with Gasteiger partial charge in [0.1, 0.15) is 30.6 Å². The highest BCUT2D eigenvalue weighted by Crippen LogP contribution is 2.31. The minimum Gasteiger partial charge on any atom is -0.493 e. The summed E-state index contributed by atoms with van der Waals surface area (Å²) in [6, 6.07) is 33.5. The Hall–Kier alpha value is -4.96. The number of carbonyl (C=O) groups excluding carboxylic acids is 1. The monoisotopic (exact) mass is 608 g/mol. The summed E-state index contributed by atoms with van der Waals surface area (Å²) in [5.74, 6) is 1.09. The topological polar surface area (TPSA) is 80.6 Å². The number of carbonyl (C=O) groups is 1. The molecule has 5 aromatic carbocycles. The summed E-state index contributed by atoms with van der Waals surface area (Å²) in [6.07, 6.45) is 1.50. The van der Waals surface area contributed by atoms with Crippen LogP contribution in [0.15, 0.2) is 109 Å². The average Bonchev–Trinajstić information content (AvgIpc) is 3.03. The molecule has 0 aromatic heterocycles. The average molecular weight is 610 g/mol. The van der Waals surface area contributed by atoms with Crippen LogP contribution < -0.4 is 19.5 Å². The number of hydrogen-bond donors (Lipinski definition) is 1. The Balaban J connectivity index is 1.22. The Morgan fingerprint density at radius 2 is 1.60 bits per heavy atom. The van der Waals surface area contributed by atoms with Crippen LogP contribution in [0.25, 0.3) is 16.8 Å². The third-order valence-corrected chi connectivity index (χ3v) is 7.24. The van der Waals surface area contributed by atoms with E-state index in [1.54, 1.807) is 67.8 Å². The van der Waals surface area contributed by atoms with E-state index < -0.39 is 5.91 Å². The fraction of sp³-hybridized carbons (Fsp3) is 0.0857. The number of nitrogens with zero attached hydrogens (tertiary/aromatic N) is 1. The fourth-order valence-electron chi connectivity index (χ4n) is 4.42. The predicted octanol–water partition coefficient (Wildman–Crippen LogP) is 8.86. The molecule has 0 aliphatic rings. The normalized spacial score (nSPS) is 11.1. The molecule has 1 amide bonds. The molecule has 0 heterocycles. The quantitative estimate of drug-likeness (QED) is 0.126. The van der Waals surface area contributed by atoms with Crippen molar-refractivity contribution >= 4 is 51.6 Å². The lowest BCUT2D eigenvalue weighted by Crippen LogP contribution is -2.13. The molecule has 0 aliphatic carbocycles. The lowest BCUT2D eigenvalue weighted by atomic mass is 10.1. The molecule has 214 valence electrons. The molecule has 0 radical (unpaired) electrons. The van der Waals surface area contributed by atoms with Crippen molar-refractivity contribution < 1.29 is 19.0 Å². The first-order chi connectivity index (χ1) is 20.9. The van der Waals surface area contributed by atoms with Crippen molar-refractivity contribution in [1.29, 1.82) is 5.26 Å². The van der Waals surface area contributed by atoms with Gasteiger partial charge in [0, 0.05) is 21.3 Å². The maximum absolute atomic E-state index is 12.9. The van der Waals surface area contributed by atoms with E-state index >= 15 is 0 Å². The van der Waals surface area contributed by atoms with E-state index in [1.165, 1.54) is 6.08 Å². The van der Waals surface area contributed by atoms with Gasteiger partial charge in [-0.2, -0.15) is 5.26 Å². The van der Waals surface area contributed by atoms with Crippen LogP contribution in [0, 0.1) is 11.3 Å². The van der Waals surface area contributed by atoms with Crippen molar-refractivity contribution in [3.05, 3.63) is 135 Å². The molecule has 5 rings (SSSR count). The minimum atomic E-state index is -0.542. The number of nitriles is 1. The van der Waals surface area contributed by atoms with Crippen LogP contribution in [-0.2, 0) is 18.0 Å². The first-order valence-corrected chi connectivity index (χ1v) is 14.1. The van der Waals surface area contributed by atoms with E-state index in [9.17, 15) is 10.1 Å². The number of hydrogen-bond acceptors (Lipinski definition) is 5. The van der Waals surface area contributed by atoms with Crippen LogP contribution in [0.1, 0.15) is 16.7 Å². The molecule has 5 aromatic rings. The zero-order chi connectivity index (χ0) is 30.2. The number of methoxy groups -OCH3 is 1. The highest BCUT2D eigenvalue weighted by Gasteiger charge is 2.12. The van der Waals surface area contributed by atoms with Gasteiger partial charge in [0.15, 0.2) is 11.5 Å². The second-order valence-corrected chi connectivity index (χ2v) is 10.4. The van der Waals surface area contributed by atoms with Gasteiger partial charge in [0.25, 0.3) is 5.91 Å². The maximum Gasteiger partial charge on any atom is 0.266 e. The van der Waals surface area contributed by atoms with Gasteiger partial charge in [0.2, 0.25) is 0 Å². The maximum atomic E-state index is 12.9. The zero-order valence-electron chi connectivity index (χ0n) is 23.1. The van der Waals surface area contributed by atoms with Crippen LogP contribution >= 0.6 is 23.2 Å². The summed E-state index contributed by atoms with van der Waals surface area (Å²) in [4.78, 5) is 12.9. The number of nitrogens with one attached hydrogen (secondary N) is 1. The summed E-state index contributed by atoms with van der Waals surface area (Å²) < 4.78 is 17.4. The molecule has 0 aliphatic heterocycles. The Bertz CT molecular complexity index is 1840. The van der Waals surface area contributed by atoms with E-state index in [2.05, 4.69) is 23.5 Å². The molecule has 0 unspecified atom stereocenters. The van der Waals surface area contributed by atoms with Crippen molar-refractivity contribution in [3.8, 4) is 23.3 Å². The van der Waals surface area contributed by atoms with Gasteiger partial charge in [-0.25, -0.2) is 0 Å². The fourth-order valence-corrected chi connectivity index (χ4v) is 4.88. The number of ether oxygens (including phenoxy) is 3. The molecule has 0 bridgehead atoms. The molecule has 8 heteroatoms. The second-order valence-electron chi connectivity index (χ2n) is 9.51. The van der Waals surface area contributed by atoms with Crippen LogP contribution in [-0.4, -0.2) is 13.0 Å². The van der Waals surface area contributed by atoms with Crippen molar-refractivity contribution in [3.63, 3.8) is 0 Å². The molecule has 0 saturated carbocycles. The summed E-state index contributed by atoms with van der Waals surface area (Å²) in [7, 11) is 1.54. The Morgan fingerprint density at radius 1 is 0.837 bits per heavy atom. The number of halogens is 2. The zero-order valence-corrected chi connectivity index (χ0v) is 24.7. The van der Waals surface area contributed by atoms with E-state index in [0.29, 0.717) is 45.2 Å².